The van der Waals surface area contributed by atoms with Crippen molar-refractivity contribution in [3.05, 3.63) is 48.0 Å². The molecule has 4 rings (SSSR count). The number of anilines is 2. The van der Waals surface area contributed by atoms with Gasteiger partial charge in [0.15, 0.2) is 6.10 Å². The monoisotopic (exact) mass is 453 g/mol. The number of nitrogens with one attached hydrogen (secondary N) is 1. The van der Waals surface area contributed by atoms with Gasteiger partial charge in [0.1, 0.15) is 11.5 Å². The van der Waals surface area contributed by atoms with Gasteiger partial charge in [0.05, 0.1) is 31.9 Å². The first kappa shape index (κ1) is 23.1. The zero-order chi connectivity index (χ0) is 23.2. The van der Waals surface area contributed by atoms with Crippen LogP contribution in [0.1, 0.15) is 19.4 Å². The molecule has 0 aromatic heterocycles. The molecular weight excluding hydrogens is 422 g/mol. The first-order chi connectivity index (χ1) is 16.0. The van der Waals surface area contributed by atoms with Crippen LogP contribution in [0.5, 0.6) is 11.5 Å². The third-order valence-electron chi connectivity index (χ3n) is 5.79. The summed E-state index contributed by atoms with van der Waals surface area (Å²) >= 11 is 0. The van der Waals surface area contributed by atoms with E-state index in [1.165, 1.54) is 0 Å². The number of carbonyl (C=O) groups is 2. The minimum atomic E-state index is -0.572. The van der Waals surface area contributed by atoms with Gasteiger partial charge in [-0.25, -0.2) is 0 Å². The van der Waals surface area contributed by atoms with E-state index in [0.717, 1.165) is 49.8 Å². The lowest BCUT2D eigenvalue weighted by molar-refractivity contribution is -0.125. The van der Waals surface area contributed by atoms with Crippen LogP contribution in [0.15, 0.2) is 42.5 Å². The number of carbonyl (C=O) groups excluding carboxylic acids is 2. The Morgan fingerprint density at radius 3 is 2.61 bits per heavy atom. The second kappa shape index (κ2) is 10.7. The Kier molecular flexibility index (Phi) is 7.47. The molecule has 2 amide bonds. The molecule has 1 atom stereocenters. The lowest BCUT2D eigenvalue weighted by atomic mass is 10.1. The number of amides is 2. The van der Waals surface area contributed by atoms with Gasteiger partial charge in [0.25, 0.3) is 5.91 Å². The quantitative estimate of drug-likeness (QED) is 0.662. The van der Waals surface area contributed by atoms with Crippen LogP contribution in [0.25, 0.3) is 0 Å². The zero-order valence-corrected chi connectivity index (χ0v) is 19.2. The maximum atomic E-state index is 12.8. The highest BCUT2D eigenvalue weighted by Gasteiger charge is 2.32. The van der Waals surface area contributed by atoms with E-state index in [4.69, 9.17) is 14.2 Å². The third kappa shape index (κ3) is 5.83. The van der Waals surface area contributed by atoms with Gasteiger partial charge in [0, 0.05) is 37.9 Å². The fourth-order valence-electron chi connectivity index (χ4n) is 4.05. The highest BCUT2D eigenvalue weighted by molar-refractivity contribution is 6.00. The Balaban J connectivity index is 1.40. The fraction of sp³-hybridized carbons (Fsp3) is 0.440. The highest BCUT2D eigenvalue weighted by atomic mass is 16.5. The molecule has 1 saturated heterocycles. The van der Waals surface area contributed by atoms with Gasteiger partial charge in [-0.2, -0.15) is 0 Å². The van der Waals surface area contributed by atoms with E-state index < -0.39 is 6.10 Å². The van der Waals surface area contributed by atoms with Crippen molar-refractivity contribution in [3.63, 3.8) is 0 Å². The zero-order valence-electron chi connectivity index (χ0n) is 19.2. The summed E-state index contributed by atoms with van der Waals surface area (Å²) < 4.78 is 16.7. The number of hydrogen-bond acceptors (Lipinski definition) is 6. The first-order valence-corrected chi connectivity index (χ1v) is 11.5. The molecule has 2 aromatic carbocycles. The second-order valence-corrected chi connectivity index (χ2v) is 8.19. The second-order valence-electron chi connectivity index (χ2n) is 8.19. The van der Waals surface area contributed by atoms with Gasteiger partial charge in [-0.1, -0.05) is 12.1 Å². The van der Waals surface area contributed by atoms with Gasteiger partial charge in [-0.15, -0.1) is 0 Å². The standard InChI is InChI=1S/C25H31N3O5/c1-3-32-21-7-4-19(5-8-21)16-24(29)26-20-6-9-22-23(17-20)33-18(2)25(30)28(22)11-10-27-12-14-31-15-13-27/h4-9,17-18H,3,10-16H2,1-2H3,(H,26,29). The van der Waals surface area contributed by atoms with Crippen molar-refractivity contribution in [2.45, 2.75) is 26.4 Å². The largest absolute Gasteiger partial charge is 0.494 e. The van der Waals surface area contributed by atoms with Crippen molar-refractivity contribution in [1.82, 2.24) is 4.90 Å². The van der Waals surface area contributed by atoms with Gasteiger partial charge < -0.3 is 24.4 Å². The summed E-state index contributed by atoms with van der Waals surface area (Å²) in [6.45, 7) is 8.86. The van der Waals surface area contributed by atoms with Crippen molar-refractivity contribution >= 4 is 23.2 Å². The minimum absolute atomic E-state index is 0.0527. The van der Waals surface area contributed by atoms with E-state index in [1.54, 1.807) is 17.9 Å². The summed E-state index contributed by atoms with van der Waals surface area (Å²) in [6, 6.07) is 12.9. The first-order valence-electron chi connectivity index (χ1n) is 11.5. The van der Waals surface area contributed by atoms with Crippen LogP contribution in [0, 0.1) is 0 Å². The number of nitrogens with zero attached hydrogens (tertiary/aromatic N) is 2. The molecule has 176 valence electrons. The summed E-state index contributed by atoms with van der Waals surface area (Å²) in [5.41, 5.74) is 2.27. The Morgan fingerprint density at radius 1 is 1.12 bits per heavy atom. The van der Waals surface area contributed by atoms with Crippen LogP contribution in [-0.4, -0.2) is 68.8 Å². The van der Waals surface area contributed by atoms with Crippen LogP contribution in [0.4, 0.5) is 11.4 Å². The smallest absolute Gasteiger partial charge is 0.267 e. The Labute approximate surface area is 194 Å². The Hall–Kier alpha value is -3.10. The molecule has 0 aliphatic carbocycles. The predicted octanol–water partition coefficient (Wildman–Crippen LogP) is 2.71. The SMILES string of the molecule is CCOc1ccc(CC(=O)Nc2ccc3c(c2)OC(C)C(=O)N3CCN2CCOCC2)cc1. The van der Waals surface area contributed by atoms with Crippen LogP contribution in [0.3, 0.4) is 0 Å². The molecule has 8 heteroatoms. The number of fused-ring (bicyclic) bond motifs is 1. The van der Waals surface area contributed by atoms with Crippen molar-refractivity contribution in [2.75, 3.05) is 56.2 Å². The number of ether oxygens (including phenoxy) is 3. The molecule has 33 heavy (non-hydrogen) atoms. The van der Waals surface area contributed by atoms with Gasteiger partial charge >= 0.3 is 0 Å². The molecular formula is C25H31N3O5. The van der Waals surface area contributed by atoms with E-state index in [2.05, 4.69) is 10.2 Å². The van der Waals surface area contributed by atoms with Crippen molar-refractivity contribution < 1.29 is 23.8 Å². The number of hydrogen-bond donors (Lipinski definition) is 1. The average molecular weight is 454 g/mol. The van der Waals surface area contributed by atoms with E-state index in [0.29, 0.717) is 24.6 Å². The maximum Gasteiger partial charge on any atom is 0.267 e. The normalized spacial score (nSPS) is 18.4. The number of benzene rings is 2. The molecule has 0 radical (unpaired) electrons. The molecule has 0 bridgehead atoms. The number of morpholine rings is 1. The van der Waals surface area contributed by atoms with E-state index in [-0.39, 0.29) is 18.2 Å². The summed E-state index contributed by atoms with van der Waals surface area (Å²) in [4.78, 5) is 29.4. The van der Waals surface area contributed by atoms with Gasteiger partial charge in [-0.05, 0) is 43.7 Å². The van der Waals surface area contributed by atoms with Crippen LogP contribution in [0.2, 0.25) is 0 Å². The summed E-state index contributed by atoms with van der Waals surface area (Å²) in [6.07, 6.45) is -0.317. The van der Waals surface area contributed by atoms with Crippen LogP contribution < -0.4 is 19.7 Å². The molecule has 0 spiro atoms. The molecule has 2 aliphatic heterocycles. The van der Waals surface area contributed by atoms with E-state index in [9.17, 15) is 9.59 Å². The summed E-state index contributed by atoms with van der Waals surface area (Å²) in [5, 5.41) is 2.93. The molecule has 0 saturated carbocycles. The molecule has 1 N–H and O–H groups in total. The molecule has 1 fully saturated rings. The lowest BCUT2D eigenvalue weighted by Crippen LogP contribution is -2.48. The van der Waals surface area contributed by atoms with Crippen molar-refractivity contribution in [3.8, 4) is 11.5 Å². The van der Waals surface area contributed by atoms with Crippen LogP contribution in [-0.2, 0) is 20.7 Å². The lowest BCUT2D eigenvalue weighted by Gasteiger charge is -2.35. The van der Waals surface area contributed by atoms with Gasteiger partial charge in [0.2, 0.25) is 5.91 Å². The topological polar surface area (TPSA) is 80.3 Å². The van der Waals surface area contributed by atoms with Crippen molar-refractivity contribution in [1.29, 1.82) is 0 Å². The molecule has 2 aromatic rings. The average Bonchev–Trinajstić information content (AvgIpc) is 2.81. The maximum absolute atomic E-state index is 12.8. The predicted molar refractivity (Wildman–Crippen MR) is 126 cm³/mol. The summed E-state index contributed by atoms with van der Waals surface area (Å²) in [5.74, 6) is 1.21. The van der Waals surface area contributed by atoms with Gasteiger partial charge in [-0.3, -0.25) is 14.5 Å². The summed E-state index contributed by atoms with van der Waals surface area (Å²) in [7, 11) is 0. The minimum Gasteiger partial charge on any atom is -0.494 e. The van der Waals surface area contributed by atoms with E-state index >= 15 is 0 Å². The number of rotatable bonds is 8. The third-order valence-corrected chi connectivity index (χ3v) is 5.79. The molecule has 1 unspecified atom stereocenters. The highest BCUT2D eigenvalue weighted by Crippen LogP contribution is 2.36. The van der Waals surface area contributed by atoms with Crippen LogP contribution >= 0.6 is 0 Å². The molecule has 8 nitrogen and oxygen atoms in total. The van der Waals surface area contributed by atoms with E-state index in [1.807, 2.05) is 43.3 Å². The molecule has 2 aliphatic rings. The Morgan fingerprint density at radius 2 is 1.88 bits per heavy atom. The molecule has 2 heterocycles. The van der Waals surface area contributed by atoms with Crippen molar-refractivity contribution in [2.24, 2.45) is 0 Å². The fourth-order valence-corrected chi connectivity index (χ4v) is 4.05. The Bertz CT molecular complexity index is 973.